The third-order valence-electron chi connectivity index (χ3n) is 7.41. The van der Waals surface area contributed by atoms with Crippen LogP contribution >= 0.6 is 11.6 Å². The number of alkyl halides is 3. The van der Waals surface area contributed by atoms with E-state index in [9.17, 15) is 31.9 Å². The predicted molar refractivity (Wildman–Crippen MR) is 177 cm³/mol. The molecule has 1 aliphatic carbocycles. The summed E-state index contributed by atoms with van der Waals surface area (Å²) in [7, 11) is 0. The van der Waals surface area contributed by atoms with Gasteiger partial charge in [0.2, 0.25) is 11.9 Å². The highest BCUT2D eigenvalue weighted by molar-refractivity contribution is 6.39. The zero-order valence-electron chi connectivity index (χ0n) is 26.4. The molecule has 50 heavy (non-hydrogen) atoms. The summed E-state index contributed by atoms with van der Waals surface area (Å²) < 4.78 is 56.5. The van der Waals surface area contributed by atoms with Gasteiger partial charge in [-0.2, -0.15) is 28.1 Å². The smallest absolute Gasteiger partial charge is 0.422 e. The summed E-state index contributed by atoms with van der Waals surface area (Å²) in [6, 6.07) is 17.7. The van der Waals surface area contributed by atoms with Crippen LogP contribution in [0.5, 0.6) is 6.01 Å². The van der Waals surface area contributed by atoms with Crippen molar-refractivity contribution in [3.05, 3.63) is 94.8 Å². The molecule has 5 rings (SSSR count). The Labute approximate surface area is 288 Å². The van der Waals surface area contributed by atoms with E-state index in [0.29, 0.717) is 16.3 Å². The topological polar surface area (TPSA) is 159 Å². The minimum absolute atomic E-state index is 0.00180. The summed E-state index contributed by atoms with van der Waals surface area (Å²) in [5, 5.41) is 14.3. The van der Waals surface area contributed by atoms with Crippen molar-refractivity contribution in [1.82, 2.24) is 25.6 Å². The van der Waals surface area contributed by atoms with Crippen LogP contribution < -0.4 is 31.3 Å². The summed E-state index contributed by atoms with van der Waals surface area (Å²) in [5.41, 5.74) is 1.38. The van der Waals surface area contributed by atoms with Gasteiger partial charge in [-0.15, -0.1) is 0 Å². The van der Waals surface area contributed by atoms with Gasteiger partial charge in [-0.05, 0) is 85.0 Å². The maximum atomic E-state index is 13.0. The number of nitrogens with one attached hydrogen (secondary N) is 5. The molecule has 5 N–H and O–H groups in total. The number of carbonyl (C=O) groups is 3. The second-order valence-corrected chi connectivity index (χ2v) is 12.0. The number of anilines is 4. The fourth-order valence-corrected chi connectivity index (χ4v) is 4.74. The lowest BCUT2D eigenvalue weighted by atomic mass is 10.1. The minimum atomic E-state index is -4.61. The summed E-state index contributed by atoms with van der Waals surface area (Å²) in [6.45, 7) is 0.436. The summed E-state index contributed by atoms with van der Waals surface area (Å²) in [4.78, 5) is 49.3. The minimum Gasteiger partial charge on any atom is -0.454 e. The molecular formula is C33H31ClF4N8O4. The Hall–Kier alpha value is -5.51. The Kier molecular flexibility index (Phi) is 11.0. The summed E-state index contributed by atoms with van der Waals surface area (Å²) in [5.74, 6) is -3.02. The van der Waals surface area contributed by atoms with Crippen molar-refractivity contribution in [3.8, 4) is 6.01 Å². The molecule has 1 atom stereocenters. The van der Waals surface area contributed by atoms with Crippen LogP contribution in [0.15, 0.2) is 72.8 Å². The normalized spacial score (nSPS) is 13.8. The Bertz CT molecular complexity index is 1820. The Morgan fingerprint density at radius 1 is 0.840 bits per heavy atom. The summed E-state index contributed by atoms with van der Waals surface area (Å²) in [6.07, 6.45) is -3.15. The molecule has 0 bridgehead atoms. The largest absolute Gasteiger partial charge is 0.454 e. The average molecular weight is 715 g/mol. The molecule has 0 saturated heterocycles. The molecule has 12 nitrogen and oxygen atoms in total. The number of benzene rings is 3. The van der Waals surface area contributed by atoms with Crippen LogP contribution in [0.1, 0.15) is 35.7 Å². The van der Waals surface area contributed by atoms with Crippen LogP contribution in [-0.4, -0.2) is 58.5 Å². The highest BCUT2D eigenvalue weighted by Gasteiger charge is 2.45. The second-order valence-electron chi connectivity index (χ2n) is 11.6. The first-order valence-electron chi connectivity index (χ1n) is 15.3. The van der Waals surface area contributed by atoms with Crippen LogP contribution in [0.2, 0.25) is 5.02 Å². The first kappa shape index (κ1) is 35.8. The molecule has 0 radical (unpaired) electrons. The van der Waals surface area contributed by atoms with Gasteiger partial charge in [0.15, 0.2) is 6.61 Å². The van der Waals surface area contributed by atoms with Crippen LogP contribution in [0.3, 0.4) is 0 Å². The SMILES string of the molecule is CC(CNC(=O)C(=O)Nc1ccc(F)cc1)CNC(=O)c1ccc(Nc2nc(NC3(c4ccc(Cl)cc4)CC3)nc(OCC(F)(F)F)n2)cc1. The maximum Gasteiger partial charge on any atom is 0.422 e. The van der Waals surface area contributed by atoms with E-state index in [2.05, 4.69) is 41.5 Å². The fraction of sp³-hybridized carbons (Fsp3) is 0.273. The lowest BCUT2D eigenvalue weighted by molar-refractivity contribution is -0.154. The first-order valence-corrected chi connectivity index (χ1v) is 15.6. The Morgan fingerprint density at radius 2 is 1.46 bits per heavy atom. The standard InChI is InChI=1S/C33H31ClF4N8O4/c1-19(17-40-27(48)28(49)41-24-12-8-23(35)9-13-24)16-39-26(47)20-2-10-25(11-3-20)42-29-43-30(45-31(44-29)50-18-33(36,37)38)46-32(14-15-32)21-4-6-22(34)7-5-21/h2-13,19H,14-18H2,1H3,(H,39,47)(H,40,48)(H,41,49)(H2,42,43,44,45,46). The Morgan fingerprint density at radius 3 is 2.10 bits per heavy atom. The molecule has 0 aliphatic heterocycles. The molecule has 17 heteroatoms. The highest BCUT2D eigenvalue weighted by Crippen LogP contribution is 2.48. The molecule has 1 aliphatic rings. The number of hydrogen-bond donors (Lipinski definition) is 5. The van der Waals surface area contributed by atoms with E-state index in [1.165, 1.54) is 24.3 Å². The van der Waals surface area contributed by atoms with Crippen molar-refractivity contribution in [2.45, 2.75) is 31.5 Å². The van der Waals surface area contributed by atoms with Crippen LogP contribution in [0, 0.1) is 11.7 Å². The van der Waals surface area contributed by atoms with Gasteiger partial charge in [0.05, 0.1) is 5.54 Å². The molecule has 1 heterocycles. The number of hydrogen-bond acceptors (Lipinski definition) is 9. The van der Waals surface area contributed by atoms with Crippen molar-refractivity contribution >= 4 is 52.6 Å². The molecule has 4 aromatic rings. The van der Waals surface area contributed by atoms with Gasteiger partial charge in [0.25, 0.3) is 5.91 Å². The van der Waals surface area contributed by atoms with Crippen LogP contribution in [-0.2, 0) is 15.1 Å². The summed E-state index contributed by atoms with van der Waals surface area (Å²) >= 11 is 6.02. The molecule has 3 aromatic carbocycles. The van der Waals surface area contributed by atoms with Crippen molar-refractivity contribution in [3.63, 3.8) is 0 Å². The van der Waals surface area contributed by atoms with Crippen molar-refractivity contribution < 1.29 is 36.7 Å². The number of nitrogens with zero attached hydrogens (tertiary/aromatic N) is 3. The monoisotopic (exact) mass is 714 g/mol. The molecule has 262 valence electrons. The van der Waals surface area contributed by atoms with Crippen LogP contribution in [0.25, 0.3) is 0 Å². The van der Waals surface area contributed by atoms with E-state index in [4.69, 9.17) is 16.3 Å². The number of carbonyl (C=O) groups excluding carboxylic acids is 3. The average Bonchev–Trinajstić information content (AvgIpc) is 3.86. The lowest BCUT2D eigenvalue weighted by Gasteiger charge is -2.19. The molecule has 1 saturated carbocycles. The number of aromatic nitrogens is 3. The van der Waals surface area contributed by atoms with E-state index >= 15 is 0 Å². The third-order valence-corrected chi connectivity index (χ3v) is 7.66. The molecule has 1 unspecified atom stereocenters. The third kappa shape index (κ3) is 10.2. The van der Waals surface area contributed by atoms with Gasteiger partial charge in [-0.25, -0.2) is 4.39 Å². The van der Waals surface area contributed by atoms with Gasteiger partial charge in [0.1, 0.15) is 5.82 Å². The van der Waals surface area contributed by atoms with E-state index in [1.807, 2.05) is 12.1 Å². The first-order chi connectivity index (χ1) is 23.8. The molecular weight excluding hydrogens is 684 g/mol. The van der Waals surface area contributed by atoms with Crippen molar-refractivity contribution in [2.75, 3.05) is 35.6 Å². The fourth-order valence-electron chi connectivity index (χ4n) is 4.62. The molecule has 3 amide bonds. The molecule has 1 fully saturated rings. The second kappa shape index (κ2) is 15.4. The van der Waals surface area contributed by atoms with E-state index in [0.717, 1.165) is 30.5 Å². The number of halogens is 5. The number of ether oxygens (including phenoxy) is 1. The predicted octanol–water partition coefficient (Wildman–Crippen LogP) is 5.57. The van der Waals surface area contributed by atoms with E-state index in [1.54, 1.807) is 31.2 Å². The number of rotatable bonds is 13. The van der Waals surface area contributed by atoms with Gasteiger partial charge in [-0.3, -0.25) is 14.4 Å². The number of amides is 3. The quantitative estimate of drug-likeness (QED) is 0.0882. The molecule has 1 aromatic heterocycles. The van der Waals surface area contributed by atoms with Crippen molar-refractivity contribution in [1.29, 1.82) is 0 Å². The maximum absolute atomic E-state index is 13.0. The Balaban J connectivity index is 1.15. The lowest BCUT2D eigenvalue weighted by Crippen LogP contribution is -2.40. The molecule has 0 spiro atoms. The highest BCUT2D eigenvalue weighted by atomic mass is 35.5. The zero-order valence-corrected chi connectivity index (χ0v) is 27.2. The van der Waals surface area contributed by atoms with Gasteiger partial charge in [-0.1, -0.05) is 30.7 Å². The zero-order chi connectivity index (χ0) is 35.9. The van der Waals surface area contributed by atoms with Gasteiger partial charge < -0.3 is 31.3 Å². The van der Waals surface area contributed by atoms with Gasteiger partial charge >= 0.3 is 24.0 Å². The van der Waals surface area contributed by atoms with E-state index < -0.39 is 47.9 Å². The van der Waals surface area contributed by atoms with Crippen LogP contribution in [0.4, 0.5) is 40.8 Å². The van der Waals surface area contributed by atoms with Crippen molar-refractivity contribution in [2.24, 2.45) is 5.92 Å². The van der Waals surface area contributed by atoms with Gasteiger partial charge in [0, 0.05) is 35.1 Å². The van der Waals surface area contributed by atoms with E-state index in [-0.39, 0.29) is 36.6 Å².